The van der Waals surface area contributed by atoms with E-state index in [9.17, 15) is 8.42 Å². The lowest BCUT2D eigenvalue weighted by molar-refractivity contribution is 0.280. The Morgan fingerprint density at radius 1 is 1.26 bits per heavy atom. The molecule has 1 saturated heterocycles. The van der Waals surface area contributed by atoms with Gasteiger partial charge in [-0.2, -0.15) is 4.31 Å². The highest BCUT2D eigenvalue weighted by Gasteiger charge is 2.24. The highest BCUT2D eigenvalue weighted by atomic mass is 32.2. The van der Waals surface area contributed by atoms with E-state index in [0.29, 0.717) is 26.2 Å². The van der Waals surface area contributed by atoms with Crippen LogP contribution in [-0.2, 0) is 16.6 Å². The first-order valence-corrected chi connectivity index (χ1v) is 8.04. The first kappa shape index (κ1) is 14.2. The summed E-state index contributed by atoms with van der Waals surface area (Å²) in [5.41, 5.74) is 1.63. The van der Waals surface area contributed by atoms with Gasteiger partial charge in [0.05, 0.1) is 12.9 Å². The van der Waals surface area contributed by atoms with E-state index in [1.807, 2.05) is 19.1 Å². The van der Waals surface area contributed by atoms with Gasteiger partial charge in [-0.15, -0.1) is 0 Å². The maximum Gasteiger partial charge on any atom is 0.211 e. The zero-order valence-corrected chi connectivity index (χ0v) is 12.0. The molecule has 1 aliphatic heterocycles. The molecular weight excluding hydrogens is 266 g/mol. The van der Waals surface area contributed by atoms with Crippen LogP contribution in [0.15, 0.2) is 12.1 Å². The Morgan fingerprint density at radius 2 is 1.89 bits per heavy atom. The van der Waals surface area contributed by atoms with Gasteiger partial charge >= 0.3 is 0 Å². The standard InChI is InChI=1S/C12H19N3O3S/c1-10-11(9-16)3-4-12(13-10)14-5-7-15(8-6-14)19(2,17)18/h3-4,16H,5-9H2,1-2H3. The molecule has 0 bridgehead atoms. The maximum absolute atomic E-state index is 11.4. The van der Waals surface area contributed by atoms with Crippen LogP contribution in [0.2, 0.25) is 0 Å². The number of rotatable bonds is 3. The van der Waals surface area contributed by atoms with Crippen molar-refractivity contribution in [3.63, 3.8) is 0 Å². The average Bonchev–Trinajstić information content (AvgIpc) is 2.38. The Morgan fingerprint density at radius 3 is 2.37 bits per heavy atom. The third-order valence-corrected chi connectivity index (χ3v) is 4.69. The van der Waals surface area contributed by atoms with Crippen LogP contribution in [0.5, 0.6) is 0 Å². The number of hydrogen-bond acceptors (Lipinski definition) is 5. The van der Waals surface area contributed by atoms with Crippen molar-refractivity contribution in [3.05, 3.63) is 23.4 Å². The Balaban J connectivity index is 2.08. The number of aromatic nitrogens is 1. The van der Waals surface area contributed by atoms with Gasteiger partial charge in [0, 0.05) is 31.9 Å². The van der Waals surface area contributed by atoms with Crippen molar-refractivity contribution < 1.29 is 13.5 Å². The zero-order valence-electron chi connectivity index (χ0n) is 11.2. The number of aryl methyl sites for hydroxylation is 1. The van der Waals surface area contributed by atoms with E-state index < -0.39 is 10.0 Å². The van der Waals surface area contributed by atoms with Crippen LogP contribution in [0.4, 0.5) is 5.82 Å². The number of pyridine rings is 1. The number of aliphatic hydroxyl groups is 1. The fourth-order valence-electron chi connectivity index (χ4n) is 2.17. The molecule has 1 aromatic rings. The maximum atomic E-state index is 11.4. The van der Waals surface area contributed by atoms with Crippen LogP contribution >= 0.6 is 0 Å². The molecule has 0 unspecified atom stereocenters. The van der Waals surface area contributed by atoms with Crippen molar-refractivity contribution in [2.24, 2.45) is 0 Å². The summed E-state index contributed by atoms with van der Waals surface area (Å²) in [6.07, 6.45) is 1.24. The summed E-state index contributed by atoms with van der Waals surface area (Å²) >= 11 is 0. The topological polar surface area (TPSA) is 73.7 Å². The normalized spacial score (nSPS) is 17.7. The molecule has 1 aromatic heterocycles. The van der Waals surface area contributed by atoms with Gasteiger partial charge in [-0.3, -0.25) is 0 Å². The summed E-state index contributed by atoms with van der Waals surface area (Å²) in [4.78, 5) is 6.52. The molecule has 6 nitrogen and oxygen atoms in total. The molecule has 0 atom stereocenters. The SMILES string of the molecule is Cc1nc(N2CCN(S(C)(=O)=O)CC2)ccc1CO. The first-order chi connectivity index (χ1) is 8.91. The second-order valence-electron chi connectivity index (χ2n) is 4.72. The molecule has 0 spiro atoms. The Bertz CT molecular complexity index is 551. The average molecular weight is 285 g/mol. The van der Waals surface area contributed by atoms with Crippen molar-refractivity contribution in [3.8, 4) is 0 Å². The molecule has 19 heavy (non-hydrogen) atoms. The fourth-order valence-corrected chi connectivity index (χ4v) is 3.00. The molecule has 106 valence electrons. The summed E-state index contributed by atoms with van der Waals surface area (Å²) in [5.74, 6) is 0.836. The number of sulfonamides is 1. The van der Waals surface area contributed by atoms with Gasteiger partial charge < -0.3 is 10.0 Å². The highest BCUT2D eigenvalue weighted by molar-refractivity contribution is 7.88. The predicted octanol–water partition coefficient (Wildman–Crippen LogP) is -0.0361. The monoisotopic (exact) mass is 285 g/mol. The predicted molar refractivity (Wildman–Crippen MR) is 73.5 cm³/mol. The molecule has 1 N–H and O–H groups in total. The lowest BCUT2D eigenvalue weighted by Crippen LogP contribution is -2.48. The third-order valence-electron chi connectivity index (χ3n) is 3.38. The van der Waals surface area contributed by atoms with Gasteiger partial charge in [0.15, 0.2) is 0 Å². The van der Waals surface area contributed by atoms with Crippen molar-refractivity contribution >= 4 is 15.8 Å². The van der Waals surface area contributed by atoms with Crippen molar-refractivity contribution in [1.29, 1.82) is 0 Å². The molecule has 7 heteroatoms. The molecule has 1 fully saturated rings. The molecule has 2 heterocycles. The molecular formula is C12H19N3O3S. The molecule has 2 rings (SSSR count). The minimum Gasteiger partial charge on any atom is -0.392 e. The molecule has 0 saturated carbocycles. The summed E-state index contributed by atoms with van der Waals surface area (Å²) in [5, 5.41) is 9.12. The zero-order chi connectivity index (χ0) is 14.0. The van der Waals surface area contributed by atoms with Crippen LogP contribution in [0.3, 0.4) is 0 Å². The summed E-state index contributed by atoms with van der Waals surface area (Å²) < 4.78 is 24.3. The van der Waals surface area contributed by atoms with Crippen molar-refractivity contribution in [2.75, 3.05) is 37.3 Å². The van der Waals surface area contributed by atoms with Gasteiger partial charge in [-0.25, -0.2) is 13.4 Å². The second-order valence-corrected chi connectivity index (χ2v) is 6.70. The first-order valence-electron chi connectivity index (χ1n) is 6.19. The molecule has 1 aliphatic rings. The Hall–Kier alpha value is -1.18. The van der Waals surface area contributed by atoms with Gasteiger partial charge in [0.25, 0.3) is 0 Å². The lowest BCUT2D eigenvalue weighted by Gasteiger charge is -2.34. The van der Waals surface area contributed by atoms with E-state index in [4.69, 9.17) is 5.11 Å². The number of nitrogens with zero attached hydrogens (tertiary/aromatic N) is 3. The molecule has 0 radical (unpaired) electrons. The fraction of sp³-hybridized carbons (Fsp3) is 0.583. The molecule has 0 aliphatic carbocycles. The smallest absolute Gasteiger partial charge is 0.211 e. The summed E-state index contributed by atoms with van der Waals surface area (Å²) in [6, 6.07) is 3.73. The van der Waals surface area contributed by atoms with E-state index in [0.717, 1.165) is 17.1 Å². The molecule has 0 aromatic carbocycles. The lowest BCUT2D eigenvalue weighted by atomic mass is 10.2. The van der Waals surface area contributed by atoms with E-state index in [2.05, 4.69) is 9.88 Å². The number of piperazine rings is 1. The van der Waals surface area contributed by atoms with Crippen LogP contribution in [0, 0.1) is 6.92 Å². The van der Waals surface area contributed by atoms with Crippen LogP contribution in [0.1, 0.15) is 11.3 Å². The minimum absolute atomic E-state index is 0.0129. The van der Waals surface area contributed by atoms with Crippen LogP contribution < -0.4 is 4.90 Å². The van der Waals surface area contributed by atoms with Gasteiger partial charge in [0.2, 0.25) is 10.0 Å². The van der Waals surface area contributed by atoms with Gasteiger partial charge in [-0.05, 0) is 18.6 Å². The van der Waals surface area contributed by atoms with E-state index in [-0.39, 0.29) is 6.61 Å². The molecule has 0 amide bonds. The Kier molecular flexibility index (Phi) is 4.07. The van der Waals surface area contributed by atoms with Crippen molar-refractivity contribution in [2.45, 2.75) is 13.5 Å². The van der Waals surface area contributed by atoms with Gasteiger partial charge in [-0.1, -0.05) is 6.07 Å². The van der Waals surface area contributed by atoms with Gasteiger partial charge in [0.1, 0.15) is 5.82 Å². The largest absolute Gasteiger partial charge is 0.392 e. The van der Waals surface area contributed by atoms with Crippen LogP contribution in [-0.4, -0.2) is 55.2 Å². The van der Waals surface area contributed by atoms with Crippen LogP contribution in [0.25, 0.3) is 0 Å². The third kappa shape index (κ3) is 3.23. The number of anilines is 1. The number of hydrogen-bond donors (Lipinski definition) is 1. The number of aliphatic hydroxyl groups excluding tert-OH is 1. The second kappa shape index (κ2) is 5.44. The Labute approximate surface area is 113 Å². The highest BCUT2D eigenvalue weighted by Crippen LogP contribution is 2.17. The van der Waals surface area contributed by atoms with Crippen molar-refractivity contribution in [1.82, 2.24) is 9.29 Å². The summed E-state index contributed by atoms with van der Waals surface area (Å²) in [7, 11) is -3.10. The summed E-state index contributed by atoms with van der Waals surface area (Å²) in [6.45, 7) is 4.10. The van der Waals surface area contributed by atoms with E-state index in [1.165, 1.54) is 10.6 Å². The van der Waals surface area contributed by atoms with E-state index >= 15 is 0 Å². The minimum atomic E-state index is -3.10. The van der Waals surface area contributed by atoms with E-state index in [1.54, 1.807) is 0 Å². The quantitative estimate of drug-likeness (QED) is 0.844.